The van der Waals surface area contributed by atoms with Gasteiger partial charge in [-0.05, 0) is 36.4 Å². The first-order valence-corrected chi connectivity index (χ1v) is 9.79. The van der Waals surface area contributed by atoms with Gasteiger partial charge in [0.25, 0.3) is 5.91 Å². The maximum Gasteiger partial charge on any atom is 0.255 e. The third-order valence-corrected chi connectivity index (χ3v) is 5.14. The minimum Gasteiger partial charge on any atom is -0.377 e. The zero-order valence-electron chi connectivity index (χ0n) is 16.1. The maximum absolute atomic E-state index is 13.2. The van der Waals surface area contributed by atoms with Gasteiger partial charge in [0.05, 0.1) is 23.8 Å². The van der Waals surface area contributed by atoms with Crippen molar-refractivity contribution in [2.24, 2.45) is 0 Å². The summed E-state index contributed by atoms with van der Waals surface area (Å²) in [7, 11) is 0. The summed E-state index contributed by atoms with van der Waals surface area (Å²) in [6, 6.07) is 8.64. The topological polar surface area (TPSA) is 109 Å². The summed E-state index contributed by atoms with van der Waals surface area (Å²) in [6.07, 6.45) is 2.74. The minimum atomic E-state index is -0.602. The van der Waals surface area contributed by atoms with Crippen molar-refractivity contribution in [1.82, 2.24) is 5.32 Å². The average molecular weight is 445 g/mol. The molecule has 1 unspecified atom stereocenters. The van der Waals surface area contributed by atoms with Crippen molar-refractivity contribution < 1.29 is 23.5 Å². The Labute approximate surface area is 181 Å². The zero-order chi connectivity index (χ0) is 22.0. The van der Waals surface area contributed by atoms with E-state index in [1.54, 1.807) is 18.2 Å². The normalized spacial score (nSPS) is 19.6. The van der Waals surface area contributed by atoms with Crippen LogP contribution < -0.4 is 21.3 Å². The number of carbonyl (C=O) groups is 3. The van der Waals surface area contributed by atoms with Crippen LogP contribution >= 0.6 is 11.6 Å². The summed E-state index contributed by atoms with van der Waals surface area (Å²) in [5, 5.41) is 11.1. The van der Waals surface area contributed by atoms with Gasteiger partial charge in [0.1, 0.15) is 11.5 Å². The lowest BCUT2D eigenvalue weighted by Gasteiger charge is -2.36. The molecular formula is C21H18ClFN4O4. The van der Waals surface area contributed by atoms with E-state index in [9.17, 15) is 18.8 Å². The molecule has 0 aromatic heterocycles. The molecule has 2 heterocycles. The van der Waals surface area contributed by atoms with Crippen LogP contribution in [0.4, 0.5) is 21.5 Å². The first kappa shape index (κ1) is 20.8. The number of rotatable bonds is 4. The van der Waals surface area contributed by atoms with Crippen LogP contribution in [-0.2, 0) is 14.3 Å². The molecule has 4 N–H and O–H groups in total. The van der Waals surface area contributed by atoms with Gasteiger partial charge in [-0.3, -0.25) is 14.4 Å². The molecule has 3 amide bonds. The molecular weight excluding hydrogens is 427 g/mol. The summed E-state index contributed by atoms with van der Waals surface area (Å²) >= 11 is 5.66. The second kappa shape index (κ2) is 8.37. The Hall–Kier alpha value is -3.43. The Morgan fingerprint density at radius 3 is 2.39 bits per heavy atom. The molecule has 8 nitrogen and oxygen atoms in total. The summed E-state index contributed by atoms with van der Waals surface area (Å²) in [6.45, 7) is 0.943. The number of benzene rings is 2. The van der Waals surface area contributed by atoms with Gasteiger partial charge in [0.15, 0.2) is 0 Å². The molecule has 2 aliphatic heterocycles. The van der Waals surface area contributed by atoms with Crippen LogP contribution in [0.1, 0.15) is 16.8 Å². The number of hydrogen-bond acceptors (Lipinski definition) is 5. The molecule has 1 fully saturated rings. The molecule has 0 bridgehead atoms. The Bertz CT molecular complexity index is 1100. The number of carbonyl (C=O) groups excluding carboxylic acids is 3. The van der Waals surface area contributed by atoms with Crippen molar-refractivity contribution in [2.75, 3.05) is 29.2 Å². The lowest BCUT2D eigenvalue weighted by atomic mass is 10.0. The fraction of sp³-hybridized carbons (Fsp3) is 0.190. The van der Waals surface area contributed by atoms with E-state index in [1.807, 2.05) is 0 Å². The summed E-state index contributed by atoms with van der Waals surface area (Å²) < 4.78 is 18.5. The first-order valence-electron chi connectivity index (χ1n) is 9.41. The van der Waals surface area contributed by atoms with Crippen LogP contribution in [0.25, 0.3) is 0 Å². The molecule has 10 heteroatoms. The molecule has 2 aromatic rings. The third kappa shape index (κ3) is 4.68. The number of hydrogen-bond donors (Lipinski definition) is 4. The van der Waals surface area contributed by atoms with Gasteiger partial charge in [-0.25, -0.2) is 4.39 Å². The molecule has 1 saturated heterocycles. The van der Waals surface area contributed by atoms with Crippen molar-refractivity contribution in [3.63, 3.8) is 0 Å². The maximum atomic E-state index is 13.2. The fourth-order valence-electron chi connectivity index (χ4n) is 3.35. The van der Waals surface area contributed by atoms with Gasteiger partial charge in [0, 0.05) is 35.6 Å². The first-order chi connectivity index (χ1) is 14.8. The molecule has 31 heavy (non-hydrogen) atoms. The second-order valence-electron chi connectivity index (χ2n) is 7.16. The van der Waals surface area contributed by atoms with Crippen molar-refractivity contribution in [3.05, 3.63) is 65.0 Å². The van der Waals surface area contributed by atoms with Crippen molar-refractivity contribution in [1.29, 1.82) is 0 Å². The Morgan fingerprint density at radius 2 is 1.74 bits per heavy atom. The minimum absolute atomic E-state index is 0.128. The Morgan fingerprint density at radius 1 is 1.06 bits per heavy atom. The van der Waals surface area contributed by atoms with Crippen molar-refractivity contribution >= 4 is 46.4 Å². The van der Waals surface area contributed by atoms with Crippen LogP contribution in [0.2, 0.25) is 5.02 Å². The van der Waals surface area contributed by atoms with E-state index in [-0.39, 0.29) is 10.9 Å². The van der Waals surface area contributed by atoms with Crippen LogP contribution in [0.3, 0.4) is 0 Å². The van der Waals surface area contributed by atoms with E-state index in [2.05, 4.69) is 21.3 Å². The molecule has 160 valence electrons. The number of anilines is 3. The van der Waals surface area contributed by atoms with E-state index in [0.29, 0.717) is 42.3 Å². The van der Waals surface area contributed by atoms with Crippen molar-refractivity contribution in [3.8, 4) is 0 Å². The highest BCUT2D eigenvalue weighted by atomic mass is 35.5. The number of ether oxygens (including phenoxy) is 1. The monoisotopic (exact) mass is 444 g/mol. The molecule has 1 atom stereocenters. The molecule has 0 aliphatic carbocycles. The highest BCUT2D eigenvalue weighted by molar-refractivity contribution is 6.31. The lowest BCUT2D eigenvalue weighted by Crippen LogP contribution is -2.58. The smallest absolute Gasteiger partial charge is 0.255 e. The number of amides is 3. The standard InChI is InChI=1S/C21H18ClFN4O4/c22-15-10-13(1-3-16(15)23)25-19(29)6-5-18(28)24-12-2-4-17-14(9-12)20(30)27-21(26-17)7-8-31-11-21/h1-6,9-10,26H,7-8,11H2,(H,24,28)(H,25,29)(H,27,30)/b6-5+. The van der Waals surface area contributed by atoms with Gasteiger partial charge >= 0.3 is 0 Å². The van der Waals surface area contributed by atoms with E-state index in [4.69, 9.17) is 16.3 Å². The number of fused-ring (bicyclic) bond motifs is 1. The third-order valence-electron chi connectivity index (χ3n) is 4.85. The molecule has 0 saturated carbocycles. The second-order valence-corrected chi connectivity index (χ2v) is 7.57. The van der Waals surface area contributed by atoms with Crippen LogP contribution in [-0.4, -0.2) is 36.6 Å². The van der Waals surface area contributed by atoms with E-state index in [1.165, 1.54) is 12.1 Å². The van der Waals surface area contributed by atoms with Gasteiger partial charge in [0.2, 0.25) is 11.8 Å². The van der Waals surface area contributed by atoms with E-state index >= 15 is 0 Å². The average Bonchev–Trinajstić information content (AvgIpc) is 3.17. The molecule has 2 aliphatic rings. The highest BCUT2D eigenvalue weighted by Crippen LogP contribution is 2.31. The van der Waals surface area contributed by atoms with Crippen LogP contribution in [0.15, 0.2) is 48.6 Å². The Balaban J connectivity index is 1.37. The predicted molar refractivity (Wildman–Crippen MR) is 114 cm³/mol. The SMILES string of the molecule is O=C(/C=C/C(=O)Nc1ccc2c(c1)C(=O)NC1(CCOC1)N2)Nc1ccc(F)c(Cl)c1. The van der Waals surface area contributed by atoms with E-state index < -0.39 is 23.3 Å². The van der Waals surface area contributed by atoms with Gasteiger partial charge in [-0.1, -0.05) is 11.6 Å². The number of nitrogens with one attached hydrogen (secondary N) is 4. The molecule has 4 rings (SSSR count). The predicted octanol–water partition coefficient (Wildman–Crippen LogP) is 2.88. The van der Waals surface area contributed by atoms with Crippen LogP contribution in [0, 0.1) is 5.82 Å². The van der Waals surface area contributed by atoms with Gasteiger partial charge in [-0.15, -0.1) is 0 Å². The quantitative estimate of drug-likeness (QED) is 0.542. The lowest BCUT2D eigenvalue weighted by molar-refractivity contribution is -0.114. The number of halogens is 2. The van der Waals surface area contributed by atoms with Crippen molar-refractivity contribution in [2.45, 2.75) is 12.1 Å². The Kier molecular flexibility index (Phi) is 5.62. The molecule has 0 radical (unpaired) electrons. The van der Waals surface area contributed by atoms with E-state index in [0.717, 1.165) is 18.2 Å². The van der Waals surface area contributed by atoms with Crippen LogP contribution in [0.5, 0.6) is 0 Å². The van der Waals surface area contributed by atoms with Gasteiger partial charge < -0.3 is 26.0 Å². The van der Waals surface area contributed by atoms with Gasteiger partial charge in [-0.2, -0.15) is 0 Å². The largest absolute Gasteiger partial charge is 0.377 e. The fourth-order valence-corrected chi connectivity index (χ4v) is 3.53. The summed E-state index contributed by atoms with van der Waals surface area (Å²) in [5.74, 6) is -2.01. The zero-order valence-corrected chi connectivity index (χ0v) is 16.9. The molecule has 2 aromatic carbocycles. The molecule has 1 spiro atoms. The summed E-state index contributed by atoms with van der Waals surface area (Å²) in [4.78, 5) is 36.6. The highest BCUT2D eigenvalue weighted by Gasteiger charge is 2.40. The summed E-state index contributed by atoms with van der Waals surface area (Å²) in [5.41, 5.74) is 1.14.